The molecule has 0 N–H and O–H groups in total. The van der Waals surface area contributed by atoms with Crippen LogP contribution in [-0.2, 0) is 28.0 Å². The van der Waals surface area contributed by atoms with Gasteiger partial charge in [-0.3, -0.25) is 4.79 Å². The summed E-state index contributed by atoms with van der Waals surface area (Å²) in [5, 5.41) is 0. The Hall–Kier alpha value is -3.12. The molecule has 1 amide bonds. The number of amides is 1. The first kappa shape index (κ1) is 22.6. The molecule has 0 radical (unpaired) electrons. The zero-order chi connectivity index (χ0) is 22.3. The highest BCUT2D eigenvalue weighted by atomic mass is 32.2. The summed E-state index contributed by atoms with van der Waals surface area (Å²) in [6.45, 7) is 2.92. The van der Waals surface area contributed by atoms with Gasteiger partial charge in [-0.15, -0.1) is 0 Å². The maximum absolute atomic E-state index is 13.6. The number of hydrogen-bond donors (Lipinski definition) is 0. The van der Waals surface area contributed by atoms with Gasteiger partial charge < -0.3 is 9.08 Å². The normalized spacial score (nSPS) is 12.2. The van der Waals surface area contributed by atoms with E-state index in [0.717, 1.165) is 22.9 Å². The molecule has 0 fully saturated rings. The topological polar surface area (TPSA) is 63.7 Å². The summed E-state index contributed by atoms with van der Waals surface area (Å²) >= 11 is 0. The molecule has 3 aromatic carbocycles. The van der Waals surface area contributed by atoms with E-state index in [1.165, 1.54) is 0 Å². The van der Waals surface area contributed by atoms with E-state index in [2.05, 4.69) is 0 Å². The summed E-state index contributed by atoms with van der Waals surface area (Å²) in [5.41, 5.74) is 2.95. The SMILES string of the molecule is CCC(C(=O)N(Cc1ccccc1)Cc1ccc(OS(C)(=O)=O)cc1)c1ccccc1. The Morgan fingerprint density at radius 1 is 0.839 bits per heavy atom. The minimum Gasteiger partial charge on any atom is -0.383 e. The lowest BCUT2D eigenvalue weighted by atomic mass is 9.94. The van der Waals surface area contributed by atoms with Crippen LogP contribution in [0.4, 0.5) is 0 Å². The molecular formula is C25H27NO4S. The minimum absolute atomic E-state index is 0.0639. The third-order valence-corrected chi connectivity index (χ3v) is 5.48. The average molecular weight is 438 g/mol. The lowest BCUT2D eigenvalue weighted by Gasteiger charge is -2.28. The second-order valence-corrected chi connectivity index (χ2v) is 9.06. The van der Waals surface area contributed by atoms with Gasteiger partial charge in [-0.2, -0.15) is 8.42 Å². The molecule has 3 rings (SSSR count). The van der Waals surface area contributed by atoms with Crippen molar-refractivity contribution in [1.29, 1.82) is 0 Å². The Balaban J connectivity index is 1.85. The highest BCUT2D eigenvalue weighted by molar-refractivity contribution is 7.86. The second kappa shape index (κ2) is 10.3. The molecule has 0 aliphatic heterocycles. The van der Waals surface area contributed by atoms with Gasteiger partial charge in [0, 0.05) is 13.1 Å². The first-order valence-corrected chi connectivity index (χ1v) is 12.0. The van der Waals surface area contributed by atoms with E-state index >= 15 is 0 Å². The standard InChI is InChI=1S/C25H27NO4S/c1-3-24(22-12-8-5-9-13-22)25(27)26(18-20-10-6-4-7-11-20)19-21-14-16-23(17-15-21)30-31(2,28)29/h4-17,24H,3,18-19H2,1-2H3. The Morgan fingerprint density at radius 3 is 1.87 bits per heavy atom. The van der Waals surface area contributed by atoms with Crippen molar-refractivity contribution in [3.63, 3.8) is 0 Å². The molecule has 162 valence electrons. The van der Waals surface area contributed by atoms with Gasteiger partial charge in [-0.1, -0.05) is 79.7 Å². The molecule has 0 aromatic heterocycles. The van der Waals surface area contributed by atoms with Crippen LogP contribution in [0.2, 0.25) is 0 Å². The summed E-state index contributed by atoms with van der Waals surface area (Å²) in [6, 6.07) is 26.5. The lowest BCUT2D eigenvalue weighted by Crippen LogP contribution is -2.34. The average Bonchev–Trinajstić information content (AvgIpc) is 2.75. The molecule has 5 nitrogen and oxygen atoms in total. The fourth-order valence-electron chi connectivity index (χ4n) is 3.52. The van der Waals surface area contributed by atoms with Crippen LogP contribution in [0.15, 0.2) is 84.9 Å². The summed E-state index contributed by atoms with van der Waals surface area (Å²) in [6.07, 6.45) is 1.71. The van der Waals surface area contributed by atoms with Crippen molar-refractivity contribution < 1.29 is 17.4 Å². The highest BCUT2D eigenvalue weighted by Crippen LogP contribution is 2.25. The quantitative estimate of drug-likeness (QED) is 0.453. The molecule has 1 atom stereocenters. The summed E-state index contributed by atoms with van der Waals surface area (Å²) in [4.78, 5) is 15.4. The van der Waals surface area contributed by atoms with Crippen molar-refractivity contribution in [2.24, 2.45) is 0 Å². The number of carbonyl (C=O) groups excluding carboxylic acids is 1. The predicted molar refractivity (Wildman–Crippen MR) is 122 cm³/mol. The third-order valence-electron chi connectivity index (χ3n) is 4.98. The van der Waals surface area contributed by atoms with E-state index in [0.29, 0.717) is 19.5 Å². The van der Waals surface area contributed by atoms with E-state index in [1.54, 1.807) is 24.3 Å². The van der Waals surface area contributed by atoms with Crippen LogP contribution in [0.3, 0.4) is 0 Å². The number of hydrogen-bond acceptors (Lipinski definition) is 4. The van der Waals surface area contributed by atoms with E-state index in [4.69, 9.17) is 4.18 Å². The van der Waals surface area contributed by atoms with Crippen molar-refractivity contribution in [3.8, 4) is 5.75 Å². The van der Waals surface area contributed by atoms with Crippen LogP contribution in [0, 0.1) is 0 Å². The highest BCUT2D eigenvalue weighted by Gasteiger charge is 2.25. The van der Waals surface area contributed by atoms with Gasteiger partial charge in [0.25, 0.3) is 0 Å². The Bertz CT molecular complexity index is 1080. The number of benzene rings is 3. The fourth-order valence-corrected chi connectivity index (χ4v) is 3.98. The van der Waals surface area contributed by atoms with Crippen molar-refractivity contribution in [2.45, 2.75) is 32.4 Å². The van der Waals surface area contributed by atoms with E-state index in [-0.39, 0.29) is 17.6 Å². The fraction of sp³-hybridized carbons (Fsp3) is 0.240. The molecule has 1 unspecified atom stereocenters. The van der Waals surface area contributed by atoms with E-state index in [1.807, 2.05) is 72.5 Å². The number of nitrogens with zero attached hydrogens (tertiary/aromatic N) is 1. The van der Waals surface area contributed by atoms with Gasteiger partial charge in [-0.25, -0.2) is 0 Å². The van der Waals surface area contributed by atoms with E-state index < -0.39 is 10.1 Å². The van der Waals surface area contributed by atoms with Crippen LogP contribution in [0.1, 0.15) is 36.0 Å². The minimum atomic E-state index is -3.58. The molecule has 0 saturated carbocycles. The molecule has 6 heteroatoms. The van der Waals surface area contributed by atoms with Gasteiger partial charge in [0.1, 0.15) is 5.75 Å². The van der Waals surface area contributed by atoms with Crippen molar-refractivity contribution >= 4 is 16.0 Å². The lowest BCUT2D eigenvalue weighted by molar-refractivity contribution is -0.134. The van der Waals surface area contributed by atoms with Crippen LogP contribution >= 0.6 is 0 Å². The van der Waals surface area contributed by atoms with Crippen molar-refractivity contribution in [1.82, 2.24) is 4.90 Å². The van der Waals surface area contributed by atoms with Gasteiger partial charge in [-0.05, 0) is 35.2 Å². The van der Waals surface area contributed by atoms with Crippen LogP contribution in [0.5, 0.6) is 5.75 Å². The van der Waals surface area contributed by atoms with Crippen LogP contribution < -0.4 is 4.18 Å². The summed E-state index contributed by atoms with van der Waals surface area (Å²) < 4.78 is 27.6. The Morgan fingerprint density at radius 2 is 1.35 bits per heavy atom. The van der Waals surface area contributed by atoms with Crippen LogP contribution in [0.25, 0.3) is 0 Å². The Labute approximate surface area is 184 Å². The first-order chi connectivity index (χ1) is 14.9. The molecule has 0 heterocycles. The number of rotatable bonds is 9. The molecule has 0 bridgehead atoms. The predicted octanol–water partition coefficient (Wildman–Crippen LogP) is 4.75. The third kappa shape index (κ3) is 6.69. The van der Waals surface area contributed by atoms with Gasteiger partial charge >= 0.3 is 10.1 Å². The first-order valence-electron chi connectivity index (χ1n) is 10.2. The van der Waals surface area contributed by atoms with Gasteiger partial charge in [0.2, 0.25) is 5.91 Å². The van der Waals surface area contributed by atoms with Gasteiger partial charge in [0.15, 0.2) is 0 Å². The number of carbonyl (C=O) groups is 1. The molecule has 0 saturated heterocycles. The largest absolute Gasteiger partial charge is 0.383 e. The molecule has 3 aromatic rings. The van der Waals surface area contributed by atoms with Crippen LogP contribution in [-0.4, -0.2) is 25.5 Å². The Kier molecular flexibility index (Phi) is 7.47. The van der Waals surface area contributed by atoms with E-state index in [9.17, 15) is 13.2 Å². The molecule has 0 spiro atoms. The maximum Gasteiger partial charge on any atom is 0.306 e. The van der Waals surface area contributed by atoms with Crippen molar-refractivity contribution in [2.75, 3.05) is 6.26 Å². The zero-order valence-electron chi connectivity index (χ0n) is 17.8. The maximum atomic E-state index is 13.6. The smallest absolute Gasteiger partial charge is 0.306 e. The molecular weight excluding hydrogens is 410 g/mol. The van der Waals surface area contributed by atoms with Gasteiger partial charge in [0.05, 0.1) is 12.2 Å². The summed E-state index contributed by atoms with van der Waals surface area (Å²) in [5.74, 6) is 0.0923. The molecule has 0 aliphatic carbocycles. The molecule has 0 aliphatic rings. The molecule has 31 heavy (non-hydrogen) atoms. The summed E-state index contributed by atoms with van der Waals surface area (Å²) in [7, 11) is -3.58. The zero-order valence-corrected chi connectivity index (χ0v) is 18.6. The second-order valence-electron chi connectivity index (χ2n) is 7.48. The monoisotopic (exact) mass is 437 g/mol. The van der Waals surface area contributed by atoms with Crippen molar-refractivity contribution in [3.05, 3.63) is 102 Å².